The zero-order valence-corrected chi connectivity index (χ0v) is 9.26. The molecular weight excluding hydrogens is 174 g/mol. The van der Waals surface area contributed by atoms with E-state index in [4.69, 9.17) is 12.2 Å². The van der Waals surface area contributed by atoms with Gasteiger partial charge in [0.05, 0.1) is 0 Å². The summed E-state index contributed by atoms with van der Waals surface area (Å²) in [5.41, 5.74) is 0. The molecule has 0 heterocycles. The molecule has 0 aromatic carbocycles. The highest BCUT2D eigenvalue weighted by Gasteiger charge is 2.15. The largest absolute Gasteiger partial charge is 0.353 e. The number of rotatable bonds is 2. The first kappa shape index (κ1) is 11.2. The average Bonchev–Trinajstić information content (AvgIpc) is 1.85. The molecule has 65 valence electrons. The molecule has 0 aromatic heterocycles. The fourth-order valence-electron chi connectivity index (χ4n) is 1.09. The van der Waals surface area contributed by atoms with Crippen molar-refractivity contribution >= 4 is 28.3 Å². The molecule has 0 atom stereocenters. The second-order valence-electron chi connectivity index (χ2n) is 3.01. The van der Waals surface area contributed by atoms with Crippen LogP contribution in [0.25, 0.3) is 0 Å². The number of hydrogen-bond acceptors (Lipinski definition) is 2. The van der Waals surface area contributed by atoms with Gasteiger partial charge in [0.2, 0.25) is 0 Å². The average molecular weight is 190 g/mol. The van der Waals surface area contributed by atoms with E-state index in [1.165, 1.54) is 11.8 Å². The van der Waals surface area contributed by atoms with Gasteiger partial charge in [-0.2, -0.15) is 0 Å². The lowest BCUT2D eigenvalue weighted by atomic mass is 10.2. The van der Waals surface area contributed by atoms with Crippen LogP contribution in [0.3, 0.4) is 0 Å². The van der Waals surface area contributed by atoms with Crippen molar-refractivity contribution in [1.82, 2.24) is 4.90 Å². The van der Waals surface area contributed by atoms with Crippen LogP contribution in [0.15, 0.2) is 0 Å². The molecule has 0 aliphatic carbocycles. The number of hydrogen-bond donors (Lipinski definition) is 0. The zero-order valence-electron chi connectivity index (χ0n) is 7.63. The minimum Gasteiger partial charge on any atom is -0.353 e. The second kappa shape index (κ2) is 4.99. The van der Waals surface area contributed by atoms with Crippen molar-refractivity contribution in [3.8, 4) is 0 Å². The maximum absolute atomic E-state index is 5.16. The van der Waals surface area contributed by atoms with E-state index in [2.05, 4.69) is 38.9 Å². The van der Waals surface area contributed by atoms with Crippen LogP contribution in [0, 0.1) is 6.26 Å². The summed E-state index contributed by atoms with van der Waals surface area (Å²) in [5, 5.41) is 0. The molecule has 0 N–H and O–H groups in total. The van der Waals surface area contributed by atoms with Crippen LogP contribution < -0.4 is 0 Å². The summed E-state index contributed by atoms with van der Waals surface area (Å²) in [5.74, 6) is 0. The maximum atomic E-state index is 5.16. The summed E-state index contributed by atoms with van der Waals surface area (Å²) in [4.78, 5) is 2.19. The molecule has 0 aliphatic rings. The maximum Gasteiger partial charge on any atom is 0.136 e. The predicted octanol–water partition coefficient (Wildman–Crippen LogP) is 2.91. The Balaban J connectivity index is 4.22. The Kier molecular flexibility index (Phi) is 5.10. The third-order valence-electron chi connectivity index (χ3n) is 1.45. The highest BCUT2D eigenvalue weighted by molar-refractivity contribution is 8.23. The SMILES string of the molecule is [CH2]SC(=S)N(C(C)C)C(C)C. The van der Waals surface area contributed by atoms with Crippen LogP contribution in [-0.4, -0.2) is 21.3 Å². The molecule has 1 nitrogen and oxygen atoms in total. The molecule has 0 rings (SSSR count). The molecule has 0 aromatic rings. The first-order chi connectivity index (χ1) is 5.00. The Morgan fingerprint density at radius 2 is 1.64 bits per heavy atom. The minimum absolute atomic E-state index is 0.469. The zero-order chi connectivity index (χ0) is 9.02. The molecule has 0 bridgehead atoms. The summed E-state index contributed by atoms with van der Waals surface area (Å²) in [7, 11) is 0. The monoisotopic (exact) mass is 190 g/mol. The molecule has 11 heavy (non-hydrogen) atoms. The standard InChI is InChI=1S/C8H16NS2/c1-6(2)9(7(3)4)8(10)11-5/h6-7H,5H2,1-4H3. The van der Waals surface area contributed by atoms with Gasteiger partial charge in [0.1, 0.15) is 4.32 Å². The third-order valence-corrected chi connectivity index (χ3v) is 2.47. The van der Waals surface area contributed by atoms with Crippen LogP contribution in [0.4, 0.5) is 0 Å². The van der Waals surface area contributed by atoms with E-state index in [-0.39, 0.29) is 0 Å². The summed E-state index contributed by atoms with van der Waals surface area (Å²) >= 11 is 6.55. The van der Waals surface area contributed by atoms with E-state index in [0.717, 1.165) is 4.32 Å². The van der Waals surface area contributed by atoms with Gasteiger partial charge in [0.25, 0.3) is 0 Å². The molecule has 0 aliphatic heterocycles. The minimum atomic E-state index is 0.469. The molecule has 0 fully saturated rings. The highest BCUT2D eigenvalue weighted by atomic mass is 32.2. The van der Waals surface area contributed by atoms with Crippen LogP contribution in [0.1, 0.15) is 27.7 Å². The Bertz CT molecular complexity index is 124. The van der Waals surface area contributed by atoms with E-state index < -0.39 is 0 Å². The van der Waals surface area contributed by atoms with Crippen LogP contribution >= 0.6 is 24.0 Å². The lowest BCUT2D eigenvalue weighted by Crippen LogP contribution is -2.39. The van der Waals surface area contributed by atoms with Gasteiger partial charge in [-0.05, 0) is 27.7 Å². The van der Waals surface area contributed by atoms with Gasteiger partial charge < -0.3 is 4.90 Å². The summed E-state index contributed by atoms with van der Waals surface area (Å²) in [6.07, 6.45) is 3.71. The molecule has 0 unspecified atom stereocenters. The first-order valence-corrected chi connectivity index (χ1v) is 5.14. The van der Waals surface area contributed by atoms with Gasteiger partial charge in [-0.25, -0.2) is 0 Å². The number of thioether (sulfide) groups is 1. The van der Waals surface area contributed by atoms with Crippen LogP contribution in [0.2, 0.25) is 0 Å². The third kappa shape index (κ3) is 3.43. The molecular formula is C8H16NS2. The van der Waals surface area contributed by atoms with E-state index in [1.54, 1.807) is 0 Å². The van der Waals surface area contributed by atoms with Gasteiger partial charge in [-0.15, -0.1) is 0 Å². The topological polar surface area (TPSA) is 3.24 Å². The predicted molar refractivity (Wildman–Crippen MR) is 57.7 cm³/mol. The van der Waals surface area contributed by atoms with Crippen molar-refractivity contribution in [2.45, 2.75) is 39.8 Å². The van der Waals surface area contributed by atoms with E-state index in [9.17, 15) is 0 Å². The van der Waals surface area contributed by atoms with Gasteiger partial charge in [-0.3, -0.25) is 0 Å². The van der Waals surface area contributed by atoms with Crippen molar-refractivity contribution in [2.24, 2.45) is 0 Å². The van der Waals surface area contributed by atoms with E-state index in [0.29, 0.717) is 12.1 Å². The van der Waals surface area contributed by atoms with Crippen molar-refractivity contribution in [1.29, 1.82) is 0 Å². The lowest BCUT2D eigenvalue weighted by molar-refractivity contribution is 0.303. The van der Waals surface area contributed by atoms with Gasteiger partial charge >= 0.3 is 0 Å². The Labute approximate surface area is 79.5 Å². The molecule has 3 heteroatoms. The molecule has 0 spiro atoms. The molecule has 0 amide bonds. The summed E-state index contributed by atoms with van der Waals surface area (Å²) in [6.45, 7) is 8.57. The fourth-order valence-corrected chi connectivity index (χ4v) is 2.08. The van der Waals surface area contributed by atoms with Gasteiger partial charge in [0, 0.05) is 18.3 Å². The highest BCUT2D eigenvalue weighted by Crippen LogP contribution is 2.14. The van der Waals surface area contributed by atoms with Gasteiger partial charge in [-0.1, -0.05) is 24.0 Å². The molecule has 1 radical (unpaired) electrons. The normalized spacial score (nSPS) is 10.8. The fraction of sp³-hybridized carbons (Fsp3) is 0.750. The smallest absolute Gasteiger partial charge is 0.136 e. The van der Waals surface area contributed by atoms with Crippen LogP contribution in [0.5, 0.6) is 0 Å². The van der Waals surface area contributed by atoms with E-state index >= 15 is 0 Å². The summed E-state index contributed by atoms with van der Waals surface area (Å²) in [6, 6.07) is 0.938. The Hall–Kier alpha value is 0.240. The number of nitrogens with zero attached hydrogens (tertiary/aromatic N) is 1. The van der Waals surface area contributed by atoms with Crippen molar-refractivity contribution < 1.29 is 0 Å². The number of thiocarbonyl (C=S) groups is 1. The van der Waals surface area contributed by atoms with Crippen molar-refractivity contribution in [3.63, 3.8) is 0 Å². The molecule has 0 saturated carbocycles. The first-order valence-electron chi connectivity index (χ1n) is 3.75. The van der Waals surface area contributed by atoms with Crippen LogP contribution in [-0.2, 0) is 0 Å². The second-order valence-corrected chi connectivity index (χ2v) is 4.33. The quantitative estimate of drug-likeness (QED) is 0.616. The van der Waals surface area contributed by atoms with Crippen molar-refractivity contribution in [3.05, 3.63) is 6.26 Å². The Morgan fingerprint density at radius 1 is 1.27 bits per heavy atom. The lowest BCUT2D eigenvalue weighted by Gasteiger charge is -2.32. The van der Waals surface area contributed by atoms with Gasteiger partial charge in [0.15, 0.2) is 0 Å². The van der Waals surface area contributed by atoms with Crippen molar-refractivity contribution in [2.75, 3.05) is 0 Å². The Morgan fingerprint density at radius 3 is 1.73 bits per heavy atom. The molecule has 0 saturated heterocycles. The van der Waals surface area contributed by atoms with E-state index in [1.807, 2.05) is 0 Å². The summed E-state index contributed by atoms with van der Waals surface area (Å²) < 4.78 is 0.884.